The van der Waals surface area contributed by atoms with Crippen LogP contribution in [0.2, 0.25) is 5.15 Å². The molecule has 1 fully saturated rings. The summed E-state index contributed by atoms with van der Waals surface area (Å²) >= 11 is 6.11. The number of pyridine rings is 1. The summed E-state index contributed by atoms with van der Waals surface area (Å²) in [6.07, 6.45) is 7.71. The quantitative estimate of drug-likeness (QED) is 0.810. The standard InChI is InChI=1S/C16H20ClN5O/c1-20(2)16(23)12-9-14(17)19-15(10-12)21-6-3-13(4-7-21)22-8-5-18-11-22/h5,8-11,13H,3-4,6-7H2,1-2H3. The first-order valence-electron chi connectivity index (χ1n) is 7.66. The lowest BCUT2D eigenvalue weighted by Crippen LogP contribution is -2.35. The van der Waals surface area contributed by atoms with Gasteiger partial charge in [0.15, 0.2) is 0 Å². The normalized spacial score (nSPS) is 15.7. The van der Waals surface area contributed by atoms with Crippen LogP contribution in [0.4, 0.5) is 5.82 Å². The molecule has 7 heteroatoms. The van der Waals surface area contributed by atoms with Crippen molar-refractivity contribution in [1.82, 2.24) is 19.4 Å². The Morgan fingerprint density at radius 2 is 2.04 bits per heavy atom. The summed E-state index contributed by atoms with van der Waals surface area (Å²) in [5, 5.41) is 0.351. The zero-order valence-corrected chi connectivity index (χ0v) is 14.1. The number of imidazole rings is 1. The maximum Gasteiger partial charge on any atom is 0.253 e. The molecule has 3 rings (SSSR count). The van der Waals surface area contributed by atoms with Crippen LogP contribution < -0.4 is 4.90 Å². The Hall–Kier alpha value is -2.08. The number of nitrogens with zero attached hydrogens (tertiary/aromatic N) is 5. The molecule has 0 atom stereocenters. The summed E-state index contributed by atoms with van der Waals surface area (Å²) in [7, 11) is 3.46. The van der Waals surface area contributed by atoms with Crippen molar-refractivity contribution in [3.63, 3.8) is 0 Å². The molecule has 0 aromatic carbocycles. The SMILES string of the molecule is CN(C)C(=O)c1cc(Cl)nc(N2CCC(n3ccnc3)CC2)c1. The van der Waals surface area contributed by atoms with Gasteiger partial charge in [0.2, 0.25) is 0 Å². The Bertz CT molecular complexity index is 678. The van der Waals surface area contributed by atoms with Gasteiger partial charge in [-0.25, -0.2) is 9.97 Å². The molecule has 23 heavy (non-hydrogen) atoms. The second-order valence-electron chi connectivity index (χ2n) is 5.96. The molecule has 1 saturated heterocycles. The molecular formula is C16H20ClN5O. The zero-order valence-electron chi connectivity index (χ0n) is 13.3. The van der Waals surface area contributed by atoms with Crippen LogP contribution in [0.25, 0.3) is 0 Å². The fraction of sp³-hybridized carbons (Fsp3) is 0.438. The molecule has 0 N–H and O–H groups in total. The number of halogens is 1. The average molecular weight is 334 g/mol. The Kier molecular flexibility index (Phi) is 4.52. The highest BCUT2D eigenvalue weighted by Crippen LogP contribution is 2.27. The summed E-state index contributed by atoms with van der Waals surface area (Å²) < 4.78 is 2.16. The van der Waals surface area contributed by atoms with E-state index in [0.717, 1.165) is 31.7 Å². The van der Waals surface area contributed by atoms with Crippen LogP contribution in [0, 0.1) is 0 Å². The number of amides is 1. The number of carbonyl (C=O) groups excluding carboxylic acids is 1. The predicted octanol–water partition coefficient (Wildman–Crippen LogP) is 2.47. The first-order valence-corrected chi connectivity index (χ1v) is 8.04. The van der Waals surface area contributed by atoms with Crippen molar-refractivity contribution in [3.8, 4) is 0 Å². The van der Waals surface area contributed by atoms with E-state index >= 15 is 0 Å². The smallest absolute Gasteiger partial charge is 0.253 e. The topological polar surface area (TPSA) is 54.3 Å². The molecule has 1 aliphatic rings. The van der Waals surface area contributed by atoms with Gasteiger partial charge in [0, 0.05) is 51.2 Å². The van der Waals surface area contributed by atoms with Gasteiger partial charge in [0.1, 0.15) is 11.0 Å². The van der Waals surface area contributed by atoms with E-state index in [9.17, 15) is 4.79 Å². The summed E-state index contributed by atoms with van der Waals surface area (Å²) in [5.74, 6) is 0.704. The highest BCUT2D eigenvalue weighted by Gasteiger charge is 2.22. The van der Waals surface area contributed by atoms with Crippen LogP contribution >= 0.6 is 11.6 Å². The minimum absolute atomic E-state index is 0.0659. The lowest BCUT2D eigenvalue weighted by atomic mass is 10.0. The van der Waals surface area contributed by atoms with Crippen molar-refractivity contribution < 1.29 is 4.79 Å². The lowest BCUT2D eigenvalue weighted by Gasteiger charge is -2.33. The van der Waals surface area contributed by atoms with E-state index in [4.69, 9.17) is 11.6 Å². The molecule has 2 aromatic rings. The maximum atomic E-state index is 12.1. The molecule has 122 valence electrons. The van der Waals surface area contributed by atoms with Gasteiger partial charge in [-0.3, -0.25) is 4.79 Å². The molecule has 2 aromatic heterocycles. The van der Waals surface area contributed by atoms with Gasteiger partial charge < -0.3 is 14.4 Å². The zero-order chi connectivity index (χ0) is 16.4. The second-order valence-corrected chi connectivity index (χ2v) is 6.35. The Morgan fingerprint density at radius 3 is 2.65 bits per heavy atom. The minimum Gasteiger partial charge on any atom is -0.356 e. The number of carbonyl (C=O) groups is 1. The summed E-state index contributed by atoms with van der Waals surface area (Å²) in [4.78, 5) is 24.4. The van der Waals surface area contributed by atoms with E-state index in [1.165, 1.54) is 0 Å². The van der Waals surface area contributed by atoms with Gasteiger partial charge >= 0.3 is 0 Å². The third kappa shape index (κ3) is 3.47. The van der Waals surface area contributed by atoms with Crippen molar-refractivity contribution in [2.24, 2.45) is 0 Å². The first-order chi connectivity index (χ1) is 11.0. The van der Waals surface area contributed by atoms with Crippen LogP contribution in [0.15, 0.2) is 30.9 Å². The lowest BCUT2D eigenvalue weighted by molar-refractivity contribution is 0.0827. The van der Waals surface area contributed by atoms with Crippen molar-refractivity contribution in [3.05, 3.63) is 41.6 Å². The Balaban J connectivity index is 1.74. The fourth-order valence-electron chi connectivity index (χ4n) is 2.91. The molecule has 0 saturated carbocycles. The largest absolute Gasteiger partial charge is 0.356 e. The van der Waals surface area contributed by atoms with E-state index in [1.54, 1.807) is 25.1 Å². The average Bonchev–Trinajstić information content (AvgIpc) is 3.08. The minimum atomic E-state index is -0.0659. The van der Waals surface area contributed by atoms with Gasteiger partial charge in [-0.1, -0.05) is 11.6 Å². The van der Waals surface area contributed by atoms with Gasteiger partial charge in [-0.2, -0.15) is 0 Å². The number of rotatable bonds is 3. The summed E-state index contributed by atoms with van der Waals surface area (Å²) in [6, 6.07) is 3.91. The first kappa shape index (κ1) is 15.8. The summed E-state index contributed by atoms with van der Waals surface area (Å²) in [5.41, 5.74) is 0.571. The Morgan fingerprint density at radius 1 is 1.30 bits per heavy atom. The molecule has 1 amide bonds. The van der Waals surface area contributed by atoms with Gasteiger partial charge in [-0.05, 0) is 25.0 Å². The van der Waals surface area contributed by atoms with Crippen LogP contribution in [0.1, 0.15) is 29.2 Å². The molecular weight excluding hydrogens is 314 g/mol. The van der Waals surface area contributed by atoms with Crippen molar-refractivity contribution in [2.75, 3.05) is 32.1 Å². The van der Waals surface area contributed by atoms with E-state index in [2.05, 4.69) is 19.4 Å². The third-order valence-electron chi connectivity index (χ3n) is 4.17. The molecule has 0 aliphatic carbocycles. The van der Waals surface area contributed by atoms with Gasteiger partial charge in [-0.15, -0.1) is 0 Å². The number of anilines is 1. The molecule has 0 unspecified atom stereocenters. The molecule has 0 radical (unpaired) electrons. The number of hydrogen-bond donors (Lipinski definition) is 0. The van der Waals surface area contributed by atoms with Crippen molar-refractivity contribution in [1.29, 1.82) is 0 Å². The Labute approximate surface area is 140 Å². The van der Waals surface area contributed by atoms with Crippen LogP contribution in [0.3, 0.4) is 0 Å². The number of aromatic nitrogens is 3. The van der Waals surface area contributed by atoms with Gasteiger partial charge in [0.05, 0.1) is 6.33 Å². The van der Waals surface area contributed by atoms with Crippen molar-refractivity contribution >= 4 is 23.3 Å². The van der Waals surface area contributed by atoms with Crippen LogP contribution in [0.5, 0.6) is 0 Å². The van der Waals surface area contributed by atoms with Gasteiger partial charge in [0.25, 0.3) is 5.91 Å². The highest BCUT2D eigenvalue weighted by molar-refractivity contribution is 6.29. The fourth-order valence-corrected chi connectivity index (χ4v) is 3.11. The maximum absolute atomic E-state index is 12.1. The predicted molar refractivity (Wildman–Crippen MR) is 90.0 cm³/mol. The molecule has 3 heterocycles. The third-order valence-corrected chi connectivity index (χ3v) is 4.36. The molecule has 0 bridgehead atoms. The summed E-state index contributed by atoms with van der Waals surface area (Å²) in [6.45, 7) is 1.76. The number of piperidine rings is 1. The highest BCUT2D eigenvalue weighted by atomic mass is 35.5. The number of hydrogen-bond acceptors (Lipinski definition) is 4. The van der Waals surface area contributed by atoms with E-state index in [-0.39, 0.29) is 5.91 Å². The monoisotopic (exact) mass is 333 g/mol. The van der Waals surface area contributed by atoms with Crippen LogP contribution in [-0.2, 0) is 0 Å². The van der Waals surface area contributed by atoms with Crippen LogP contribution in [-0.4, -0.2) is 52.5 Å². The van der Waals surface area contributed by atoms with E-state index < -0.39 is 0 Å². The van der Waals surface area contributed by atoms with E-state index in [1.807, 2.05) is 24.8 Å². The molecule has 1 aliphatic heterocycles. The molecule has 0 spiro atoms. The molecule has 6 nitrogen and oxygen atoms in total. The van der Waals surface area contributed by atoms with Crippen molar-refractivity contribution in [2.45, 2.75) is 18.9 Å². The second kappa shape index (κ2) is 6.58. The van der Waals surface area contributed by atoms with E-state index in [0.29, 0.717) is 16.8 Å².